The van der Waals surface area contributed by atoms with Gasteiger partial charge in [0.1, 0.15) is 18.2 Å². The first-order chi connectivity index (χ1) is 11.7. The molecule has 0 amide bonds. The second kappa shape index (κ2) is 6.63. The Morgan fingerprint density at radius 3 is 2.16 bits per heavy atom. The molecule has 3 rings (SSSR count). The summed E-state index contributed by atoms with van der Waals surface area (Å²) < 4.78 is 30.8. The molecule has 1 aliphatic rings. The summed E-state index contributed by atoms with van der Waals surface area (Å²) in [5.41, 5.74) is 1.21. The van der Waals surface area contributed by atoms with Crippen molar-refractivity contribution in [3.63, 3.8) is 0 Å². The highest BCUT2D eigenvalue weighted by atomic mass is 35.5. The second-order valence-electron chi connectivity index (χ2n) is 7.19. The maximum Gasteiger partial charge on any atom is 0.494 e. The lowest BCUT2D eigenvalue weighted by atomic mass is 9.79. The summed E-state index contributed by atoms with van der Waals surface area (Å²) in [4.78, 5) is 0. The van der Waals surface area contributed by atoms with E-state index in [1.165, 1.54) is 18.2 Å². The number of ether oxygens (including phenoxy) is 1. The molecule has 1 saturated heterocycles. The largest absolute Gasteiger partial charge is 0.494 e. The third kappa shape index (κ3) is 3.84. The highest BCUT2D eigenvalue weighted by molar-refractivity contribution is 6.62. The summed E-state index contributed by atoms with van der Waals surface area (Å²) in [6.07, 6.45) is 0. The van der Waals surface area contributed by atoms with Gasteiger partial charge < -0.3 is 14.0 Å². The molecule has 2 aromatic carbocycles. The minimum atomic E-state index is -0.385. The molecule has 0 spiro atoms. The summed E-state index contributed by atoms with van der Waals surface area (Å²) in [5, 5.41) is 0.258. The molecule has 2 aromatic rings. The Morgan fingerprint density at radius 2 is 1.60 bits per heavy atom. The quantitative estimate of drug-likeness (QED) is 0.757. The molecule has 0 atom stereocenters. The Kier molecular flexibility index (Phi) is 4.84. The number of hydrogen-bond donors (Lipinski definition) is 0. The van der Waals surface area contributed by atoms with Crippen LogP contribution in [0.15, 0.2) is 42.5 Å². The molecule has 0 unspecified atom stereocenters. The van der Waals surface area contributed by atoms with Crippen LogP contribution in [0, 0.1) is 5.82 Å². The van der Waals surface area contributed by atoms with Crippen molar-refractivity contribution in [2.75, 3.05) is 0 Å². The molecular formula is C19H21BClFO3. The van der Waals surface area contributed by atoms with Gasteiger partial charge >= 0.3 is 7.12 Å². The number of hydrogen-bond acceptors (Lipinski definition) is 3. The summed E-state index contributed by atoms with van der Waals surface area (Å²) >= 11 is 5.96. The highest BCUT2D eigenvalue weighted by Gasteiger charge is 2.51. The number of halogens is 2. The van der Waals surface area contributed by atoms with Crippen LogP contribution in [0.2, 0.25) is 5.02 Å². The first-order valence-corrected chi connectivity index (χ1v) is 8.58. The van der Waals surface area contributed by atoms with Crippen LogP contribution in [0.25, 0.3) is 0 Å². The Balaban J connectivity index is 1.65. The SMILES string of the molecule is CC1(C)OB(c2ccc(COc3ccc(F)cc3Cl)cc2)OC1(C)C. The van der Waals surface area contributed by atoms with Gasteiger partial charge in [0.05, 0.1) is 16.2 Å². The lowest BCUT2D eigenvalue weighted by Crippen LogP contribution is -2.41. The zero-order valence-electron chi connectivity index (χ0n) is 14.8. The highest BCUT2D eigenvalue weighted by Crippen LogP contribution is 2.36. The van der Waals surface area contributed by atoms with E-state index in [9.17, 15) is 4.39 Å². The van der Waals surface area contributed by atoms with E-state index < -0.39 is 0 Å². The maximum atomic E-state index is 13.0. The smallest absolute Gasteiger partial charge is 0.487 e. The second-order valence-corrected chi connectivity index (χ2v) is 7.60. The predicted octanol–water partition coefficient (Wildman–Crippen LogP) is 4.36. The summed E-state index contributed by atoms with van der Waals surface area (Å²) in [5.74, 6) is 0.0715. The van der Waals surface area contributed by atoms with Gasteiger partial charge in [0.2, 0.25) is 0 Å². The molecule has 6 heteroatoms. The molecule has 132 valence electrons. The van der Waals surface area contributed by atoms with Gasteiger partial charge in [0, 0.05) is 0 Å². The summed E-state index contributed by atoms with van der Waals surface area (Å²) in [7, 11) is -0.383. The van der Waals surface area contributed by atoms with Gasteiger partial charge in [-0.3, -0.25) is 0 Å². The molecule has 0 bridgehead atoms. The minimum absolute atomic E-state index is 0.258. The van der Waals surface area contributed by atoms with Gasteiger partial charge in [-0.05, 0) is 56.9 Å². The maximum absolute atomic E-state index is 13.0. The van der Waals surface area contributed by atoms with Gasteiger partial charge in [-0.15, -0.1) is 0 Å². The molecule has 3 nitrogen and oxygen atoms in total. The van der Waals surface area contributed by atoms with Gasteiger partial charge in [0.25, 0.3) is 0 Å². The molecule has 1 fully saturated rings. The topological polar surface area (TPSA) is 27.7 Å². The van der Waals surface area contributed by atoms with Crippen molar-refractivity contribution in [2.45, 2.75) is 45.5 Å². The molecule has 0 N–H and O–H groups in total. The van der Waals surface area contributed by atoms with Crippen LogP contribution >= 0.6 is 11.6 Å². The summed E-state index contributed by atoms with van der Waals surface area (Å²) in [6.45, 7) is 8.46. The van der Waals surface area contributed by atoms with Crippen molar-refractivity contribution in [3.8, 4) is 5.75 Å². The average Bonchev–Trinajstić information content (AvgIpc) is 2.75. The van der Waals surface area contributed by atoms with E-state index in [0.717, 1.165) is 11.0 Å². The van der Waals surface area contributed by atoms with E-state index in [1.54, 1.807) is 0 Å². The normalized spacial score (nSPS) is 18.4. The third-order valence-corrected chi connectivity index (χ3v) is 5.09. The molecule has 0 radical (unpaired) electrons. The number of benzene rings is 2. The Morgan fingerprint density at radius 1 is 1.00 bits per heavy atom. The fraction of sp³-hybridized carbons (Fsp3) is 0.368. The molecule has 0 aliphatic carbocycles. The van der Waals surface area contributed by atoms with E-state index in [1.807, 2.05) is 52.0 Å². The molecule has 0 saturated carbocycles. The van der Waals surface area contributed by atoms with Crippen LogP contribution < -0.4 is 10.2 Å². The monoisotopic (exact) mass is 362 g/mol. The van der Waals surface area contributed by atoms with Crippen LogP contribution in [0.5, 0.6) is 5.75 Å². The fourth-order valence-electron chi connectivity index (χ4n) is 2.50. The van der Waals surface area contributed by atoms with Gasteiger partial charge in [-0.25, -0.2) is 4.39 Å². The molecule has 1 heterocycles. The van der Waals surface area contributed by atoms with Gasteiger partial charge in [-0.2, -0.15) is 0 Å². The first kappa shape index (κ1) is 18.2. The minimum Gasteiger partial charge on any atom is -0.487 e. The fourth-order valence-corrected chi connectivity index (χ4v) is 2.73. The van der Waals surface area contributed by atoms with Crippen molar-refractivity contribution in [3.05, 3.63) is 58.9 Å². The van der Waals surface area contributed by atoms with E-state index in [2.05, 4.69) is 0 Å². The van der Waals surface area contributed by atoms with Crippen molar-refractivity contribution < 1.29 is 18.4 Å². The number of rotatable bonds is 4. The molecule has 1 aliphatic heterocycles. The molecule has 25 heavy (non-hydrogen) atoms. The van der Waals surface area contributed by atoms with E-state index >= 15 is 0 Å². The van der Waals surface area contributed by atoms with Crippen LogP contribution in [-0.2, 0) is 15.9 Å². The first-order valence-electron chi connectivity index (χ1n) is 8.20. The molecular weight excluding hydrogens is 341 g/mol. The van der Waals surface area contributed by atoms with Crippen LogP contribution in [0.3, 0.4) is 0 Å². The van der Waals surface area contributed by atoms with Crippen molar-refractivity contribution in [1.82, 2.24) is 0 Å². The Labute approximate surface area is 153 Å². The van der Waals surface area contributed by atoms with Crippen molar-refractivity contribution in [1.29, 1.82) is 0 Å². The standard InChI is InChI=1S/C19H21BClFO3/c1-18(2)19(3,4)25-20(24-18)14-7-5-13(6-8-14)12-23-17-10-9-15(22)11-16(17)21/h5-11H,12H2,1-4H3. The lowest BCUT2D eigenvalue weighted by Gasteiger charge is -2.32. The van der Waals surface area contributed by atoms with E-state index in [-0.39, 0.29) is 29.2 Å². The Bertz CT molecular complexity index is 746. The third-order valence-electron chi connectivity index (χ3n) is 4.79. The van der Waals surface area contributed by atoms with Crippen molar-refractivity contribution >= 4 is 24.2 Å². The average molecular weight is 363 g/mol. The zero-order chi connectivity index (χ0) is 18.2. The summed E-state index contributed by atoms with van der Waals surface area (Å²) in [6, 6.07) is 11.9. The van der Waals surface area contributed by atoms with Gasteiger partial charge in [-0.1, -0.05) is 35.9 Å². The van der Waals surface area contributed by atoms with Crippen LogP contribution in [0.1, 0.15) is 33.3 Å². The van der Waals surface area contributed by atoms with Crippen LogP contribution in [-0.4, -0.2) is 18.3 Å². The van der Waals surface area contributed by atoms with E-state index in [0.29, 0.717) is 12.4 Å². The predicted molar refractivity (Wildman–Crippen MR) is 97.9 cm³/mol. The van der Waals surface area contributed by atoms with Gasteiger partial charge in [0.15, 0.2) is 0 Å². The van der Waals surface area contributed by atoms with Crippen molar-refractivity contribution in [2.24, 2.45) is 0 Å². The zero-order valence-corrected chi connectivity index (χ0v) is 15.6. The van der Waals surface area contributed by atoms with Crippen LogP contribution in [0.4, 0.5) is 4.39 Å². The lowest BCUT2D eigenvalue weighted by molar-refractivity contribution is 0.00578. The van der Waals surface area contributed by atoms with E-state index in [4.69, 9.17) is 25.6 Å². The molecule has 0 aromatic heterocycles. The Hall–Kier alpha value is -1.56.